The lowest BCUT2D eigenvalue weighted by Crippen LogP contribution is -2.35. The van der Waals surface area contributed by atoms with Gasteiger partial charge < -0.3 is 5.32 Å². The van der Waals surface area contributed by atoms with Gasteiger partial charge in [0.05, 0.1) is 23.7 Å². The number of rotatable bonds is 5. The molecule has 0 saturated carbocycles. The van der Waals surface area contributed by atoms with E-state index in [-0.39, 0.29) is 5.56 Å². The van der Waals surface area contributed by atoms with Gasteiger partial charge in [0.2, 0.25) is 15.8 Å². The van der Waals surface area contributed by atoms with Crippen molar-refractivity contribution >= 4 is 32.4 Å². The molecule has 2 aromatic carbocycles. The average Bonchev–Trinajstić information content (AvgIpc) is 3.21. The Morgan fingerprint density at radius 2 is 1.91 bits per heavy atom. The van der Waals surface area contributed by atoms with Crippen LogP contribution in [-0.2, 0) is 36.1 Å². The van der Waals surface area contributed by atoms with Crippen molar-refractivity contribution in [2.45, 2.75) is 33.0 Å². The first-order valence-corrected chi connectivity index (χ1v) is 12.4. The first-order chi connectivity index (χ1) is 15.4. The molecule has 166 valence electrons. The molecule has 32 heavy (non-hydrogen) atoms. The Morgan fingerprint density at radius 3 is 2.69 bits per heavy atom. The van der Waals surface area contributed by atoms with Gasteiger partial charge >= 0.3 is 0 Å². The maximum atomic E-state index is 12.8. The van der Waals surface area contributed by atoms with Crippen molar-refractivity contribution < 1.29 is 8.42 Å². The topological polar surface area (TPSA) is 102 Å². The number of nitrogens with one attached hydrogen (secondary N) is 1. The molecule has 0 spiro atoms. The van der Waals surface area contributed by atoms with Crippen molar-refractivity contribution in [3.8, 4) is 0 Å². The number of aromatic nitrogens is 4. The highest BCUT2D eigenvalue weighted by molar-refractivity contribution is 7.88. The minimum absolute atomic E-state index is 0.0740. The van der Waals surface area contributed by atoms with Crippen LogP contribution in [0.25, 0.3) is 16.7 Å². The average molecular weight is 453 g/mol. The number of para-hydroxylation sites is 1. The summed E-state index contributed by atoms with van der Waals surface area (Å²) in [7, 11) is -3.22. The standard InChI is InChI=1S/C22H24N6O3S/c1-3-27-21(29)17-8-4-5-10-19(17)28-20(24-25-22(27)28)13-23-18-9-6-7-15-14-26(32(2,30)31)12-11-16(15)18/h4-10,23H,3,11-14H2,1-2H3. The summed E-state index contributed by atoms with van der Waals surface area (Å²) in [5, 5.41) is 12.8. The lowest BCUT2D eigenvalue weighted by molar-refractivity contribution is 0.395. The Kier molecular flexibility index (Phi) is 4.98. The minimum Gasteiger partial charge on any atom is -0.377 e. The first kappa shape index (κ1) is 20.7. The van der Waals surface area contributed by atoms with Crippen LogP contribution in [0.3, 0.4) is 0 Å². The molecule has 0 unspecified atom stereocenters. The van der Waals surface area contributed by atoms with Crippen LogP contribution in [0.5, 0.6) is 0 Å². The normalized spacial score (nSPS) is 14.7. The number of nitrogens with zero attached hydrogens (tertiary/aromatic N) is 5. The Balaban J connectivity index is 1.52. The molecule has 0 amide bonds. The summed E-state index contributed by atoms with van der Waals surface area (Å²) in [6.07, 6.45) is 1.89. The van der Waals surface area contributed by atoms with Gasteiger partial charge in [-0.2, -0.15) is 4.31 Å². The molecule has 1 aliphatic heterocycles. The van der Waals surface area contributed by atoms with E-state index < -0.39 is 10.0 Å². The largest absolute Gasteiger partial charge is 0.377 e. The molecule has 0 bridgehead atoms. The molecule has 0 fully saturated rings. The van der Waals surface area contributed by atoms with Gasteiger partial charge in [-0.1, -0.05) is 24.3 Å². The summed E-state index contributed by atoms with van der Waals surface area (Å²) in [5.74, 6) is 1.22. The highest BCUT2D eigenvalue weighted by Crippen LogP contribution is 2.28. The molecule has 1 N–H and O–H groups in total. The van der Waals surface area contributed by atoms with Crippen LogP contribution in [0.1, 0.15) is 23.9 Å². The third-order valence-electron chi connectivity index (χ3n) is 6.03. The van der Waals surface area contributed by atoms with E-state index in [9.17, 15) is 13.2 Å². The Hall–Kier alpha value is -3.24. The summed E-state index contributed by atoms with van der Waals surface area (Å²) in [6, 6.07) is 13.4. The van der Waals surface area contributed by atoms with E-state index in [0.717, 1.165) is 22.3 Å². The van der Waals surface area contributed by atoms with Gasteiger partial charge in [-0.25, -0.2) is 8.42 Å². The monoisotopic (exact) mass is 452 g/mol. The van der Waals surface area contributed by atoms with Crippen molar-refractivity contribution in [1.29, 1.82) is 0 Å². The van der Waals surface area contributed by atoms with E-state index in [4.69, 9.17) is 0 Å². The van der Waals surface area contributed by atoms with Crippen molar-refractivity contribution in [3.63, 3.8) is 0 Å². The number of hydrogen-bond donors (Lipinski definition) is 1. The molecule has 2 aromatic heterocycles. The van der Waals surface area contributed by atoms with Gasteiger partial charge in [-0.3, -0.25) is 13.8 Å². The highest BCUT2D eigenvalue weighted by Gasteiger charge is 2.24. The first-order valence-electron chi connectivity index (χ1n) is 10.5. The van der Waals surface area contributed by atoms with E-state index in [1.165, 1.54) is 10.6 Å². The van der Waals surface area contributed by atoms with Gasteiger partial charge in [0.1, 0.15) is 0 Å². The van der Waals surface area contributed by atoms with Crippen LogP contribution >= 0.6 is 0 Å². The summed E-state index contributed by atoms with van der Waals surface area (Å²) in [6.45, 7) is 3.68. The number of benzene rings is 2. The lowest BCUT2D eigenvalue weighted by atomic mass is 9.99. The summed E-state index contributed by atoms with van der Waals surface area (Å²) < 4.78 is 28.9. The molecule has 1 aliphatic rings. The Morgan fingerprint density at radius 1 is 1.09 bits per heavy atom. The fraction of sp³-hybridized carbons (Fsp3) is 0.318. The third-order valence-corrected chi connectivity index (χ3v) is 7.28. The number of hydrogen-bond acceptors (Lipinski definition) is 6. The van der Waals surface area contributed by atoms with Crippen molar-refractivity contribution in [2.24, 2.45) is 0 Å². The van der Waals surface area contributed by atoms with Gasteiger partial charge in [0, 0.05) is 25.3 Å². The van der Waals surface area contributed by atoms with Crippen LogP contribution < -0.4 is 10.9 Å². The zero-order chi connectivity index (χ0) is 22.5. The van der Waals surface area contributed by atoms with Crippen LogP contribution in [0.4, 0.5) is 5.69 Å². The Labute approximate surface area is 185 Å². The van der Waals surface area contributed by atoms with Gasteiger partial charge in [-0.05, 0) is 42.7 Å². The molecule has 10 heteroatoms. The van der Waals surface area contributed by atoms with E-state index in [1.807, 2.05) is 53.8 Å². The molecule has 3 heterocycles. The van der Waals surface area contributed by atoms with Crippen LogP contribution in [0.15, 0.2) is 47.3 Å². The molecule has 0 aliphatic carbocycles. The van der Waals surface area contributed by atoms with Crippen molar-refractivity contribution in [1.82, 2.24) is 23.5 Å². The maximum Gasteiger partial charge on any atom is 0.262 e. The summed E-state index contributed by atoms with van der Waals surface area (Å²) >= 11 is 0. The number of anilines is 1. The predicted molar refractivity (Wildman–Crippen MR) is 123 cm³/mol. The molecule has 5 rings (SSSR count). The fourth-order valence-corrected chi connectivity index (χ4v) is 5.22. The Bertz CT molecular complexity index is 1510. The second-order valence-electron chi connectivity index (χ2n) is 7.96. The third kappa shape index (κ3) is 3.35. The van der Waals surface area contributed by atoms with Crippen molar-refractivity contribution in [2.75, 3.05) is 18.1 Å². The number of fused-ring (bicyclic) bond motifs is 4. The highest BCUT2D eigenvalue weighted by atomic mass is 32.2. The number of sulfonamides is 1. The SMILES string of the molecule is CCn1c(=O)c2ccccc2n2c(CNc3cccc4c3CCN(S(C)(=O)=O)C4)nnc12. The van der Waals surface area contributed by atoms with Crippen LogP contribution in [0.2, 0.25) is 0 Å². The summed E-state index contributed by atoms with van der Waals surface area (Å²) in [5.41, 5.74) is 3.79. The predicted octanol–water partition coefficient (Wildman–Crippen LogP) is 1.99. The molecule has 4 aromatic rings. The smallest absolute Gasteiger partial charge is 0.262 e. The molecule has 0 radical (unpaired) electrons. The van der Waals surface area contributed by atoms with E-state index >= 15 is 0 Å². The van der Waals surface area contributed by atoms with E-state index in [2.05, 4.69) is 15.5 Å². The zero-order valence-electron chi connectivity index (χ0n) is 17.9. The maximum absolute atomic E-state index is 12.8. The van der Waals surface area contributed by atoms with Gasteiger partial charge in [-0.15, -0.1) is 10.2 Å². The molecule has 9 nitrogen and oxygen atoms in total. The second-order valence-corrected chi connectivity index (χ2v) is 9.94. The zero-order valence-corrected chi connectivity index (χ0v) is 18.8. The van der Waals surface area contributed by atoms with E-state index in [1.54, 1.807) is 4.57 Å². The fourth-order valence-electron chi connectivity index (χ4n) is 4.42. The quantitative estimate of drug-likeness (QED) is 0.497. The second kappa shape index (κ2) is 7.72. The minimum atomic E-state index is -3.22. The van der Waals surface area contributed by atoms with Crippen LogP contribution in [0, 0.1) is 0 Å². The molecular weight excluding hydrogens is 428 g/mol. The number of aryl methyl sites for hydroxylation is 1. The molecular formula is C22H24N6O3S. The van der Waals surface area contributed by atoms with Gasteiger partial charge in [0.15, 0.2) is 5.82 Å². The molecule has 0 atom stereocenters. The summed E-state index contributed by atoms with van der Waals surface area (Å²) in [4.78, 5) is 12.8. The van der Waals surface area contributed by atoms with Gasteiger partial charge in [0.25, 0.3) is 5.56 Å². The lowest BCUT2D eigenvalue weighted by Gasteiger charge is -2.28. The molecule has 0 saturated heterocycles. The van der Waals surface area contributed by atoms with Crippen LogP contribution in [-0.4, -0.2) is 44.7 Å². The van der Waals surface area contributed by atoms with E-state index in [0.29, 0.717) is 49.6 Å². The van der Waals surface area contributed by atoms with Crippen molar-refractivity contribution in [3.05, 3.63) is 69.8 Å².